The maximum absolute atomic E-state index is 11.5. The number of hydrogen-bond acceptors (Lipinski definition) is 6. The Bertz CT molecular complexity index is 583. The summed E-state index contributed by atoms with van der Waals surface area (Å²) in [6.45, 7) is 4.37. The molecule has 0 saturated carbocycles. The van der Waals surface area contributed by atoms with E-state index in [1.165, 1.54) is 17.0 Å². The summed E-state index contributed by atoms with van der Waals surface area (Å²) in [5.74, 6) is 0.517. The van der Waals surface area contributed by atoms with Gasteiger partial charge in [0, 0.05) is 18.0 Å². The zero-order chi connectivity index (χ0) is 14.9. The van der Waals surface area contributed by atoms with Crippen LogP contribution in [0.25, 0.3) is 0 Å². The number of fused-ring (bicyclic) bond motifs is 1. The van der Waals surface area contributed by atoms with Gasteiger partial charge in [-0.25, -0.2) is 13.4 Å². The number of thiazole rings is 1. The first kappa shape index (κ1) is 15.2. The SMILES string of the molecule is CCCNC1CCCc2sc(N3CCS(=O)(=O)CC3)nc21. The lowest BCUT2D eigenvalue weighted by molar-refractivity contribution is 0.454. The van der Waals surface area contributed by atoms with Gasteiger partial charge in [-0.1, -0.05) is 6.92 Å². The summed E-state index contributed by atoms with van der Waals surface area (Å²) in [5, 5.41) is 4.60. The van der Waals surface area contributed by atoms with Gasteiger partial charge >= 0.3 is 0 Å². The van der Waals surface area contributed by atoms with Crippen LogP contribution in [-0.2, 0) is 16.3 Å². The third-order valence-corrected chi connectivity index (χ3v) is 7.00. The Morgan fingerprint density at radius 1 is 1.38 bits per heavy atom. The van der Waals surface area contributed by atoms with Gasteiger partial charge in [-0.05, 0) is 32.2 Å². The summed E-state index contributed by atoms with van der Waals surface area (Å²) in [7, 11) is -2.83. The van der Waals surface area contributed by atoms with E-state index in [2.05, 4.69) is 17.1 Å². The van der Waals surface area contributed by atoms with E-state index in [1.54, 1.807) is 11.3 Å². The molecule has 1 aromatic rings. The predicted molar refractivity (Wildman–Crippen MR) is 87.0 cm³/mol. The monoisotopic (exact) mass is 329 g/mol. The van der Waals surface area contributed by atoms with Gasteiger partial charge in [0.05, 0.1) is 23.2 Å². The van der Waals surface area contributed by atoms with Crippen molar-refractivity contribution in [3.05, 3.63) is 10.6 Å². The van der Waals surface area contributed by atoms with Crippen LogP contribution in [0.2, 0.25) is 0 Å². The highest BCUT2D eigenvalue weighted by Gasteiger charge is 2.28. The number of anilines is 1. The summed E-state index contributed by atoms with van der Waals surface area (Å²) in [4.78, 5) is 8.37. The van der Waals surface area contributed by atoms with Crippen molar-refractivity contribution in [1.82, 2.24) is 10.3 Å². The molecule has 21 heavy (non-hydrogen) atoms. The van der Waals surface area contributed by atoms with Crippen molar-refractivity contribution >= 4 is 26.3 Å². The van der Waals surface area contributed by atoms with Crippen molar-refractivity contribution in [2.75, 3.05) is 36.0 Å². The number of nitrogens with zero attached hydrogens (tertiary/aromatic N) is 2. The van der Waals surface area contributed by atoms with Gasteiger partial charge in [0.25, 0.3) is 0 Å². The van der Waals surface area contributed by atoms with Gasteiger partial charge in [0.2, 0.25) is 0 Å². The van der Waals surface area contributed by atoms with Gasteiger partial charge in [-0.15, -0.1) is 11.3 Å². The van der Waals surface area contributed by atoms with Crippen LogP contribution in [-0.4, -0.2) is 44.5 Å². The predicted octanol–water partition coefficient (Wildman–Crippen LogP) is 1.75. The van der Waals surface area contributed by atoms with Crippen LogP contribution < -0.4 is 10.2 Å². The number of aryl methyl sites for hydroxylation is 1. The van der Waals surface area contributed by atoms with Crippen LogP contribution in [0.3, 0.4) is 0 Å². The second kappa shape index (κ2) is 6.22. The lowest BCUT2D eigenvalue weighted by atomic mass is 9.97. The number of sulfone groups is 1. The maximum atomic E-state index is 11.5. The first-order valence-corrected chi connectivity index (χ1v) is 10.4. The van der Waals surface area contributed by atoms with E-state index in [-0.39, 0.29) is 11.5 Å². The second-order valence-corrected chi connectivity index (χ2v) is 9.21. The highest BCUT2D eigenvalue weighted by atomic mass is 32.2. The van der Waals surface area contributed by atoms with Crippen LogP contribution in [0.1, 0.15) is 42.8 Å². The Balaban J connectivity index is 1.75. The summed E-state index contributed by atoms with van der Waals surface area (Å²) in [5.41, 5.74) is 1.21. The van der Waals surface area contributed by atoms with E-state index >= 15 is 0 Å². The number of nitrogens with one attached hydrogen (secondary N) is 1. The smallest absolute Gasteiger partial charge is 0.185 e. The number of rotatable bonds is 4. The first-order chi connectivity index (χ1) is 10.1. The molecular formula is C14H23N3O2S2. The molecule has 3 rings (SSSR count). The van der Waals surface area contributed by atoms with E-state index in [1.807, 2.05) is 0 Å². The molecule has 5 nitrogen and oxygen atoms in total. The van der Waals surface area contributed by atoms with E-state index in [4.69, 9.17) is 4.98 Å². The second-order valence-electron chi connectivity index (χ2n) is 5.84. The van der Waals surface area contributed by atoms with Gasteiger partial charge in [-0.3, -0.25) is 0 Å². The molecule has 1 aromatic heterocycles. The lowest BCUT2D eigenvalue weighted by Crippen LogP contribution is -2.40. The summed E-state index contributed by atoms with van der Waals surface area (Å²) in [6.07, 6.45) is 4.62. The van der Waals surface area contributed by atoms with E-state index in [0.29, 0.717) is 19.1 Å². The molecule has 1 saturated heterocycles. The van der Waals surface area contributed by atoms with Crippen LogP contribution in [0.15, 0.2) is 0 Å². The Kier molecular flexibility index (Phi) is 4.51. The van der Waals surface area contributed by atoms with Crippen molar-refractivity contribution < 1.29 is 8.42 Å². The normalized spacial score (nSPS) is 24.8. The molecular weight excluding hydrogens is 306 g/mol. The highest BCUT2D eigenvalue weighted by molar-refractivity contribution is 7.91. The van der Waals surface area contributed by atoms with Crippen molar-refractivity contribution in [3.8, 4) is 0 Å². The van der Waals surface area contributed by atoms with Gasteiger partial charge in [-0.2, -0.15) is 0 Å². The lowest BCUT2D eigenvalue weighted by Gasteiger charge is -2.26. The van der Waals surface area contributed by atoms with Crippen LogP contribution in [0.5, 0.6) is 0 Å². The largest absolute Gasteiger partial charge is 0.346 e. The van der Waals surface area contributed by atoms with Crippen LogP contribution >= 0.6 is 11.3 Å². The zero-order valence-electron chi connectivity index (χ0n) is 12.5. The Labute approximate surface area is 130 Å². The molecule has 0 spiro atoms. The molecule has 1 aliphatic carbocycles. The molecule has 1 fully saturated rings. The minimum atomic E-state index is -2.83. The van der Waals surface area contributed by atoms with Crippen molar-refractivity contribution in [3.63, 3.8) is 0 Å². The molecule has 118 valence electrons. The molecule has 0 bridgehead atoms. The molecule has 1 atom stereocenters. The average Bonchev–Trinajstić information content (AvgIpc) is 2.89. The fraction of sp³-hybridized carbons (Fsp3) is 0.786. The van der Waals surface area contributed by atoms with Crippen molar-refractivity contribution in [2.24, 2.45) is 0 Å². The molecule has 7 heteroatoms. The summed E-state index contributed by atoms with van der Waals surface area (Å²) >= 11 is 1.76. The first-order valence-electron chi connectivity index (χ1n) is 7.77. The van der Waals surface area contributed by atoms with Crippen LogP contribution in [0.4, 0.5) is 5.13 Å². The summed E-state index contributed by atoms with van der Waals surface area (Å²) < 4.78 is 23.1. The quantitative estimate of drug-likeness (QED) is 0.912. The Morgan fingerprint density at radius 2 is 2.14 bits per heavy atom. The van der Waals surface area contributed by atoms with Crippen LogP contribution in [0, 0.1) is 0 Å². The molecule has 0 aromatic carbocycles. The summed E-state index contributed by atoms with van der Waals surface area (Å²) in [6, 6.07) is 0.382. The Morgan fingerprint density at radius 3 is 2.86 bits per heavy atom. The third kappa shape index (κ3) is 3.40. The van der Waals surface area contributed by atoms with E-state index < -0.39 is 9.84 Å². The minimum Gasteiger partial charge on any atom is -0.346 e. The highest BCUT2D eigenvalue weighted by Crippen LogP contribution is 2.37. The molecule has 2 heterocycles. The van der Waals surface area contributed by atoms with E-state index in [9.17, 15) is 8.42 Å². The third-order valence-electron chi connectivity index (χ3n) is 4.20. The number of aromatic nitrogens is 1. The molecule has 2 aliphatic rings. The van der Waals surface area contributed by atoms with E-state index in [0.717, 1.165) is 30.9 Å². The fourth-order valence-corrected chi connectivity index (χ4v) is 5.38. The molecule has 1 aliphatic heterocycles. The molecule has 0 amide bonds. The Hall–Kier alpha value is -0.660. The molecule has 1 unspecified atom stereocenters. The standard InChI is InChI=1S/C14H23N3O2S2/c1-2-6-15-11-4-3-5-12-13(11)16-14(20-12)17-7-9-21(18,19)10-8-17/h11,15H,2-10H2,1H3. The minimum absolute atomic E-state index is 0.259. The topological polar surface area (TPSA) is 62.3 Å². The molecule has 0 radical (unpaired) electrons. The van der Waals surface area contributed by atoms with Crippen molar-refractivity contribution in [1.29, 1.82) is 0 Å². The number of hydrogen-bond donors (Lipinski definition) is 1. The van der Waals surface area contributed by atoms with Gasteiger partial charge in [0.1, 0.15) is 0 Å². The fourth-order valence-electron chi connectivity index (χ4n) is 2.96. The average molecular weight is 329 g/mol. The molecule has 1 N–H and O–H groups in total. The zero-order valence-corrected chi connectivity index (χ0v) is 14.1. The maximum Gasteiger partial charge on any atom is 0.185 e. The van der Waals surface area contributed by atoms with Gasteiger partial charge in [0.15, 0.2) is 15.0 Å². The van der Waals surface area contributed by atoms with Crippen molar-refractivity contribution in [2.45, 2.75) is 38.6 Å². The van der Waals surface area contributed by atoms with Gasteiger partial charge < -0.3 is 10.2 Å².